The summed E-state index contributed by atoms with van der Waals surface area (Å²) in [5, 5.41) is 12.4. The van der Waals surface area contributed by atoms with Crippen molar-refractivity contribution >= 4 is 27.6 Å². The topological polar surface area (TPSA) is 104 Å². The second-order valence-corrected chi connectivity index (χ2v) is 9.35. The molecule has 8 heteroatoms. The Morgan fingerprint density at radius 3 is 2.52 bits per heavy atom. The van der Waals surface area contributed by atoms with E-state index in [1.165, 1.54) is 10.6 Å². The predicted molar refractivity (Wildman–Crippen MR) is 102 cm³/mol. The molecule has 1 aromatic carbocycles. The van der Waals surface area contributed by atoms with E-state index in [9.17, 15) is 23.1 Å². The number of amides is 1. The predicted octanol–water partition coefficient (Wildman–Crippen LogP) is 2.16. The first-order valence-corrected chi connectivity index (χ1v) is 11.3. The van der Waals surface area contributed by atoms with Crippen LogP contribution < -0.4 is 9.62 Å². The molecule has 0 bridgehead atoms. The maximum atomic E-state index is 12.7. The van der Waals surface area contributed by atoms with Crippen LogP contribution in [0.25, 0.3) is 0 Å². The number of hydrogen-bond donors (Lipinski definition) is 2. The molecule has 2 aliphatic rings. The Bertz CT molecular complexity index is 837. The molecule has 1 fully saturated rings. The Kier molecular flexibility index (Phi) is 5.74. The maximum Gasteiger partial charge on any atom is 0.308 e. The van der Waals surface area contributed by atoms with Gasteiger partial charge in [0.2, 0.25) is 10.0 Å². The summed E-state index contributed by atoms with van der Waals surface area (Å²) in [7, 11) is -3.33. The van der Waals surface area contributed by atoms with Gasteiger partial charge in [-0.25, -0.2) is 8.42 Å². The summed E-state index contributed by atoms with van der Waals surface area (Å²) < 4.78 is 25.0. The van der Waals surface area contributed by atoms with Crippen molar-refractivity contribution < 1.29 is 23.1 Å². The van der Waals surface area contributed by atoms with Crippen molar-refractivity contribution in [2.45, 2.75) is 51.0 Å². The van der Waals surface area contributed by atoms with Gasteiger partial charge in [0.25, 0.3) is 5.91 Å². The number of nitrogens with one attached hydrogen (secondary N) is 1. The quantitative estimate of drug-likeness (QED) is 0.814. The molecule has 2 atom stereocenters. The van der Waals surface area contributed by atoms with Gasteiger partial charge in [0.1, 0.15) is 0 Å². The largest absolute Gasteiger partial charge is 0.481 e. The summed E-state index contributed by atoms with van der Waals surface area (Å²) in [6.45, 7) is 0.378. The minimum atomic E-state index is -3.33. The molecule has 0 aromatic heterocycles. The SMILES string of the molecule is CS(=O)(=O)N1CCc2cc(C(=O)NC3CCCCCCC3C(=O)O)ccc21. The molecule has 1 amide bonds. The zero-order chi connectivity index (χ0) is 19.6. The molecule has 1 aliphatic carbocycles. The number of aliphatic carboxylic acids is 1. The molecule has 0 spiro atoms. The highest BCUT2D eigenvalue weighted by atomic mass is 32.2. The van der Waals surface area contributed by atoms with E-state index in [0.29, 0.717) is 37.1 Å². The average molecular weight is 394 g/mol. The van der Waals surface area contributed by atoms with Crippen LogP contribution in [0.3, 0.4) is 0 Å². The average Bonchev–Trinajstić information content (AvgIpc) is 3.00. The van der Waals surface area contributed by atoms with Gasteiger partial charge in [0, 0.05) is 18.2 Å². The minimum absolute atomic E-state index is 0.299. The summed E-state index contributed by atoms with van der Waals surface area (Å²) in [6.07, 6.45) is 6.83. The number of benzene rings is 1. The Hall–Kier alpha value is -2.09. The lowest BCUT2D eigenvalue weighted by Crippen LogP contribution is -2.44. The van der Waals surface area contributed by atoms with Gasteiger partial charge in [-0.3, -0.25) is 13.9 Å². The van der Waals surface area contributed by atoms with Gasteiger partial charge in [-0.15, -0.1) is 0 Å². The van der Waals surface area contributed by atoms with E-state index in [1.807, 2.05) is 0 Å². The van der Waals surface area contributed by atoms with Gasteiger partial charge in [-0.1, -0.05) is 25.7 Å². The molecule has 1 aromatic rings. The van der Waals surface area contributed by atoms with Gasteiger partial charge < -0.3 is 10.4 Å². The van der Waals surface area contributed by atoms with Crippen LogP contribution >= 0.6 is 0 Å². The Balaban J connectivity index is 1.77. The van der Waals surface area contributed by atoms with Crippen molar-refractivity contribution in [2.24, 2.45) is 5.92 Å². The van der Waals surface area contributed by atoms with Crippen LogP contribution in [0.1, 0.15) is 54.4 Å². The number of nitrogens with zero attached hydrogens (tertiary/aromatic N) is 1. The fourth-order valence-corrected chi connectivity index (χ4v) is 5.02. The van der Waals surface area contributed by atoms with E-state index < -0.39 is 21.9 Å². The molecule has 2 unspecified atom stereocenters. The number of carboxylic acid groups (broad SMARTS) is 1. The second kappa shape index (κ2) is 7.88. The minimum Gasteiger partial charge on any atom is -0.481 e. The van der Waals surface area contributed by atoms with Crippen LogP contribution in [0.2, 0.25) is 0 Å². The van der Waals surface area contributed by atoms with Crippen LogP contribution in [-0.2, 0) is 21.2 Å². The fourth-order valence-electron chi connectivity index (χ4n) is 4.06. The number of sulfonamides is 1. The molecule has 1 saturated carbocycles. The highest BCUT2D eigenvalue weighted by molar-refractivity contribution is 7.92. The Labute approximate surface area is 159 Å². The molecule has 1 aliphatic heterocycles. The summed E-state index contributed by atoms with van der Waals surface area (Å²) in [5.74, 6) is -1.73. The fraction of sp³-hybridized carbons (Fsp3) is 0.579. The van der Waals surface area contributed by atoms with Gasteiger partial charge in [0.15, 0.2) is 0 Å². The summed E-state index contributed by atoms with van der Waals surface area (Å²) in [6, 6.07) is 4.60. The van der Waals surface area contributed by atoms with E-state index in [2.05, 4.69) is 5.32 Å². The summed E-state index contributed by atoms with van der Waals surface area (Å²) >= 11 is 0. The first kappa shape index (κ1) is 19.7. The first-order chi connectivity index (χ1) is 12.8. The standard InChI is InChI=1S/C19H26N2O5S/c1-27(25,26)21-11-10-13-12-14(8-9-17(13)21)18(22)20-16-7-5-3-2-4-6-15(16)19(23)24/h8-9,12,15-16H,2-7,10-11H2,1H3,(H,20,22)(H,23,24). The van der Waals surface area contributed by atoms with Gasteiger partial charge in [-0.05, 0) is 43.0 Å². The second-order valence-electron chi connectivity index (χ2n) is 7.44. The number of hydrogen-bond acceptors (Lipinski definition) is 4. The molecular weight excluding hydrogens is 368 g/mol. The van der Waals surface area contributed by atoms with Crippen molar-refractivity contribution in [1.82, 2.24) is 5.32 Å². The van der Waals surface area contributed by atoms with Gasteiger partial charge in [0.05, 0.1) is 17.9 Å². The van der Waals surface area contributed by atoms with E-state index in [0.717, 1.165) is 31.2 Å². The van der Waals surface area contributed by atoms with Crippen molar-refractivity contribution in [2.75, 3.05) is 17.1 Å². The third-order valence-electron chi connectivity index (χ3n) is 5.49. The first-order valence-electron chi connectivity index (χ1n) is 9.41. The molecule has 148 valence electrons. The van der Waals surface area contributed by atoms with Gasteiger partial charge >= 0.3 is 5.97 Å². The third-order valence-corrected chi connectivity index (χ3v) is 6.67. The molecule has 7 nitrogen and oxygen atoms in total. The van der Waals surface area contributed by atoms with Crippen LogP contribution in [-0.4, -0.2) is 44.2 Å². The number of anilines is 1. The molecule has 0 saturated heterocycles. The van der Waals surface area contributed by atoms with Crippen molar-refractivity contribution in [1.29, 1.82) is 0 Å². The van der Waals surface area contributed by atoms with Crippen LogP contribution in [0, 0.1) is 5.92 Å². The number of carbonyl (C=O) groups excluding carboxylic acids is 1. The Morgan fingerprint density at radius 1 is 1.15 bits per heavy atom. The number of fused-ring (bicyclic) bond motifs is 1. The smallest absolute Gasteiger partial charge is 0.308 e. The molecular formula is C19H26N2O5S. The molecule has 3 rings (SSSR count). The van der Waals surface area contributed by atoms with Crippen molar-refractivity contribution in [3.8, 4) is 0 Å². The molecule has 1 heterocycles. The zero-order valence-corrected chi connectivity index (χ0v) is 16.3. The van der Waals surface area contributed by atoms with Gasteiger partial charge in [-0.2, -0.15) is 0 Å². The molecule has 27 heavy (non-hydrogen) atoms. The number of carboxylic acids is 1. The third kappa shape index (κ3) is 4.43. The zero-order valence-electron chi connectivity index (χ0n) is 15.5. The van der Waals surface area contributed by atoms with Crippen LogP contribution in [0.4, 0.5) is 5.69 Å². The van der Waals surface area contributed by atoms with E-state index in [-0.39, 0.29) is 11.9 Å². The van der Waals surface area contributed by atoms with E-state index >= 15 is 0 Å². The number of rotatable bonds is 4. The summed E-state index contributed by atoms with van der Waals surface area (Å²) in [5.41, 5.74) is 1.87. The highest BCUT2D eigenvalue weighted by Gasteiger charge is 2.31. The lowest BCUT2D eigenvalue weighted by molar-refractivity contribution is -0.143. The molecule has 0 radical (unpaired) electrons. The monoisotopic (exact) mass is 394 g/mol. The van der Waals surface area contributed by atoms with Crippen LogP contribution in [0.15, 0.2) is 18.2 Å². The lowest BCUT2D eigenvalue weighted by atomic mass is 9.86. The maximum absolute atomic E-state index is 12.7. The molecule has 2 N–H and O–H groups in total. The number of carbonyl (C=O) groups is 2. The van der Waals surface area contributed by atoms with Crippen molar-refractivity contribution in [3.63, 3.8) is 0 Å². The van der Waals surface area contributed by atoms with E-state index in [4.69, 9.17) is 0 Å². The van der Waals surface area contributed by atoms with Crippen LogP contribution in [0.5, 0.6) is 0 Å². The normalized spacial score (nSPS) is 23.2. The highest BCUT2D eigenvalue weighted by Crippen LogP contribution is 2.31. The Morgan fingerprint density at radius 2 is 1.85 bits per heavy atom. The lowest BCUT2D eigenvalue weighted by Gasteiger charge is -2.27. The van der Waals surface area contributed by atoms with Crippen molar-refractivity contribution in [3.05, 3.63) is 29.3 Å². The van der Waals surface area contributed by atoms with E-state index in [1.54, 1.807) is 18.2 Å². The summed E-state index contributed by atoms with van der Waals surface area (Å²) in [4.78, 5) is 24.3.